The number of aryl methyl sites for hydroxylation is 3. The quantitative estimate of drug-likeness (QED) is 0.852. The molecule has 98 valence electrons. The zero-order valence-electron chi connectivity index (χ0n) is 11.0. The highest BCUT2D eigenvalue weighted by atomic mass is 16.5. The molecule has 0 atom stereocenters. The highest BCUT2D eigenvalue weighted by Crippen LogP contribution is 2.41. The number of carboxylic acids is 1. The van der Waals surface area contributed by atoms with Gasteiger partial charge in [-0.3, -0.25) is 4.68 Å². The first kappa shape index (κ1) is 11.8. The molecule has 0 saturated heterocycles. The molecule has 0 amide bonds. The molecule has 5 heteroatoms. The van der Waals surface area contributed by atoms with Gasteiger partial charge in [0.25, 0.3) is 0 Å². The molecular formula is C14H14N2O3. The minimum absolute atomic E-state index is 0.0723. The third-order valence-corrected chi connectivity index (χ3v) is 3.40. The Morgan fingerprint density at radius 3 is 2.84 bits per heavy atom. The average Bonchev–Trinajstić information content (AvgIpc) is 2.66. The van der Waals surface area contributed by atoms with E-state index in [4.69, 9.17) is 4.74 Å². The van der Waals surface area contributed by atoms with Gasteiger partial charge >= 0.3 is 5.97 Å². The maximum absolute atomic E-state index is 11.2. The van der Waals surface area contributed by atoms with Crippen molar-refractivity contribution >= 4 is 5.97 Å². The fraction of sp³-hybridized carbons (Fsp3) is 0.286. The molecule has 19 heavy (non-hydrogen) atoms. The van der Waals surface area contributed by atoms with Gasteiger partial charge in [-0.2, -0.15) is 5.10 Å². The van der Waals surface area contributed by atoms with Crippen molar-refractivity contribution < 1.29 is 14.6 Å². The molecule has 0 radical (unpaired) electrons. The van der Waals surface area contributed by atoms with Crippen LogP contribution in [0.2, 0.25) is 0 Å². The number of carbonyl (C=O) groups is 1. The number of carboxylic acid groups (broad SMARTS) is 1. The first-order chi connectivity index (χ1) is 8.99. The minimum atomic E-state index is -1.02. The number of ether oxygens (including phenoxy) is 1. The van der Waals surface area contributed by atoms with Crippen molar-refractivity contribution in [1.82, 2.24) is 9.78 Å². The smallest absolute Gasteiger partial charge is 0.356 e. The molecule has 0 saturated carbocycles. The van der Waals surface area contributed by atoms with Gasteiger partial charge in [0.2, 0.25) is 0 Å². The Morgan fingerprint density at radius 2 is 2.16 bits per heavy atom. The molecule has 0 bridgehead atoms. The zero-order valence-corrected chi connectivity index (χ0v) is 11.0. The second-order valence-electron chi connectivity index (χ2n) is 4.85. The fourth-order valence-corrected chi connectivity index (χ4v) is 2.68. The van der Waals surface area contributed by atoms with E-state index in [0.717, 1.165) is 28.1 Å². The fourth-order valence-electron chi connectivity index (χ4n) is 2.68. The van der Waals surface area contributed by atoms with Gasteiger partial charge in [-0.25, -0.2) is 4.79 Å². The van der Waals surface area contributed by atoms with Crippen molar-refractivity contribution in [3.63, 3.8) is 0 Å². The molecule has 0 spiro atoms. The molecule has 1 aliphatic heterocycles. The van der Waals surface area contributed by atoms with Gasteiger partial charge in [-0.05, 0) is 31.0 Å². The number of hydrogen-bond acceptors (Lipinski definition) is 3. The molecule has 0 unspecified atom stereocenters. The summed E-state index contributed by atoms with van der Waals surface area (Å²) in [5, 5.41) is 13.3. The molecule has 1 aliphatic rings. The van der Waals surface area contributed by atoms with Crippen molar-refractivity contribution in [2.75, 3.05) is 0 Å². The molecule has 0 fully saturated rings. The van der Waals surface area contributed by atoms with E-state index >= 15 is 0 Å². The summed E-state index contributed by atoms with van der Waals surface area (Å²) in [5.74, 6) is -0.224. The Morgan fingerprint density at radius 1 is 1.42 bits per heavy atom. The molecule has 1 N–H and O–H groups in total. The number of benzene rings is 1. The summed E-state index contributed by atoms with van der Waals surface area (Å²) in [6.07, 6.45) is 0. The number of aromatic nitrogens is 2. The maximum atomic E-state index is 11.2. The summed E-state index contributed by atoms with van der Waals surface area (Å²) < 4.78 is 7.33. The maximum Gasteiger partial charge on any atom is 0.356 e. The Kier molecular flexibility index (Phi) is 2.38. The van der Waals surface area contributed by atoms with E-state index in [2.05, 4.69) is 11.2 Å². The van der Waals surface area contributed by atoms with Crippen molar-refractivity contribution in [2.24, 2.45) is 7.05 Å². The summed E-state index contributed by atoms with van der Waals surface area (Å²) in [4.78, 5) is 11.2. The molecule has 1 aromatic heterocycles. The Labute approximate surface area is 110 Å². The molecule has 3 rings (SSSR count). The van der Waals surface area contributed by atoms with Crippen LogP contribution in [0.4, 0.5) is 0 Å². The van der Waals surface area contributed by atoms with E-state index in [-0.39, 0.29) is 12.3 Å². The standard InChI is InChI=1S/C14H14N2O3/c1-7-4-8(2)11-10(5-7)19-6-9-12(14(17)18)15-16(3)13(9)11/h4-5H,6H2,1-3H3,(H,17,18). The second kappa shape index (κ2) is 3.85. The van der Waals surface area contributed by atoms with E-state index in [9.17, 15) is 9.90 Å². The van der Waals surface area contributed by atoms with Gasteiger partial charge < -0.3 is 9.84 Å². The van der Waals surface area contributed by atoms with Crippen LogP contribution in [0.1, 0.15) is 27.2 Å². The topological polar surface area (TPSA) is 64.3 Å². The predicted molar refractivity (Wildman–Crippen MR) is 69.4 cm³/mol. The van der Waals surface area contributed by atoms with Gasteiger partial charge in [-0.15, -0.1) is 0 Å². The van der Waals surface area contributed by atoms with Crippen LogP contribution in [0.3, 0.4) is 0 Å². The summed E-state index contributed by atoms with van der Waals surface area (Å²) in [7, 11) is 1.76. The zero-order chi connectivity index (χ0) is 13.7. The summed E-state index contributed by atoms with van der Waals surface area (Å²) in [6, 6.07) is 4.03. The van der Waals surface area contributed by atoms with Crippen molar-refractivity contribution in [2.45, 2.75) is 20.5 Å². The third kappa shape index (κ3) is 1.62. The normalized spacial score (nSPS) is 12.6. The summed E-state index contributed by atoms with van der Waals surface area (Å²) >= 11 is 0. The van der Waals surface area contributed by atoms with E-state index < -0.39 is 5.97 Å². The van der Waals surface area contributed by atoms with E-state index in [1.807, 2.05) is 19.9 Å². The lowest BCUT2D eigenvalue weighted by Crippen LogP contribution is -2.10. The van der Waals surface area contributed by atoms with Crippen LogP contribution < -0.4 is 4.74 Å². The van der Waals surface area contributed by atoms with E-state index in [1.54, 1.807) is 11.7 Å². The average molecular weight is 258 g/mol. The predicted octanol–water partition coefficient (Wildman–Crippen LogP) is 2.29. The number of nitrogens with zero attached hydrogens (tertiary/aromatic N) is 2. The minimum Gasteiger partial charge on any atom is -0.488 e. The van der Waals surface area contributed by atoms with Crippen LogP contribution >= 0.6 is 0 Å². The highest BCUT2D eigenvalue weighted by Gasteiger charge is 2.29. The molecular weight excluding hydrogens is 244 g/mol. The highest BCUT2D eigenvalue weighted by molar-refractivity contribution is 5.91. The Hall–Kier alpha value is -2.30. The van der Waals surface area contributed by atoms with E-state index in [0.29, 0.717) is 5.56 Å². The third-order valence-electron chi connectivity index (χ3n) is 3.40. The SMILES string of the molecule is Cc1cc(C)c2c(c1)OCc1c(C(=O)O)nn(C)c1-2. The molecule has 1 aromatic carbocycles. The number of rotatable bonds is 1. The largest absolute Gasteiger partial charge is 0.488 e. The van der Waals surface area contributed by atoms with Crippen LogP contribution in [0.15, 0.2) is 12.1 Å². The number of hydrogen-bond donors (Lipinski definition) is 1. The number of aromatic carboxylic acids is 1. The molecule has 2 aromatic rings. The van der Waals surface area contributed by atoms with E-state index in [1.165, 1.54) is 0 Å². The van der Waals surface area contributed by atoms with Crippen LogP contribution in [-0.2, 0) is 13.7 Å². The van der Waals surface area contributed by atoms with Crippen molar-refractivity contribution in [3.8, 4) is 17.0 Å². The Bertz CT molecular complexity index is 701. The van der Waals surface area contributed by atoms with Gasteiger partial charge in [0, 0.05) is 12.6 Å². The number of fused-ring (bicyclic) bond motifs is 3. The summed E-state index contributed by atoms with van der Waals surface area (Å²) in [6.45, 7) is 4.26. The van der Waals surface area contributed by atoms with Crippen LogP contribution in [0.5, 0.6) is 5.75 Å². The second-order valence-corrected chi connectivity index (χ2v) is 4.85. The molecule has 2 heterocycles. The van der Waals surface area contributed by atoms with Gasteiger partial charge in [0.1, 0.15) is 12.4 Å². The molecule has 5 nitrogen and oxygen atoms in total. The lowest BCUT2D eigenvalue weighted by Gasteiger charge is -2.21. The Balaban J connectivity index is 2.33. The lowest BCUT2D eigenvalue weighted by atomic mass is 9.96. The van der Waals surface area contributed by atoms with Gasteiger partial charge in [0.15, 0.2) is 5.69 Å². The van der Waals surface area contributed by atoms with Crippen molar-refractivity contribution in [3.05, 3.63) is 34.5 Å². The van der Waals surface area contributed by atoms with Crippen LogP contribution in [-0.4, -0.2) is 20.9 Å². The summed E-state index contributed by atoms with van der Waals surface area (Å²) in [5.41, 5.74) is 4.69. The van der Waals surface area contributed by atoms with Crippen molar-refractivity contribution in [1.29, 1.82) is 0 Å². The monoisotopic (exact) mass is 258 g/mol. The van der Waals surface area contributed by atoms with Gasteiger partial charge in [-0.1, -0.05) is 6.07 Å². The first-order valence-electron chi connectivity index (χ1n) is 6.02. The van der Waals surface area contributed by atoms with Crippen LogP contribution in [0, 0.1) is 13.8 Å². The van der Waals surface area contributed by atoms with Crippen LogP contribution in [0.25, 0.3) is 11.3 Å². The molecule has 0 aliphatic carbocycles. The first-order valence-corrected chi connectivity index (χ1v) is 6.02. The van der Waals surface area contributed by atoms with Gasteiger partial charge in [0.05, 0.1) is 11.3 Å². The lowest BCUT2D eigenvalue weighted by molar-refractivity contribution is 0.0686.